The fourth-order valence-corrected chi connectivity index (χ4v) is 10.6. The number of ether oxygens (including phenoxy) is 2. The van der Waals surface area contributed by atoms with Crippen LogP contribution in [-0.4, -0.2) is 78.2 Å². The third kappa shape index (κ3) is 6.28. The number of nitro groups is 1. The number of methoxy groups -OCH3 is 1. The number of carbonyl (C=O) groups excluding carboxylic acids is 3. The second-order valence-electron chi connectivity index (χ2n) is 13.9. The van der Waals surface area contributed by atoms with Gasteiger partial charge in [0.1, 0.15) is 5.75 Å². The minimum atomic E-state index is -3.10. The normalized spacial score (nSPS) is 24.5. The van der Waals surface area contributed by atoms with Gasteiger partial charge >= 0.3 is 0 Å². The molecule has 3 aromatic rings. The molecule has 2 fully saturated rings. The summed E-state index contributed by atoms with van der Waals surface area (Å²) in [6.07, 6.45) is 0.547. The number of nitro benzene ring substituents is 1. The summed E-state index contributed by atoms with van der Waals surface area (Å²) in [7, 11) is -1.55. The Kier molecular flexibility index (Phi) is 9.57. The first-order chi connectivity index (χ1) is 23.8. The van der Waals surface area contributed by atoms with Crippen molar-refractivity contribution in [3.05, 3.63) is 93.5 Å². The molecule has 3 aliphatic heterocycles. The number of rotatable bonds is 10. The van der Waals surface area contributed by atoms with E-state index >= 15 is 0 Å². The van der Waals surface area contributed by atoms with Gasteiger partial charge in [-0.3, -0.25) is 24.5 Å². The predicted molar refractivity (Wildman–Crippen MR) is 187 cm³/mol. The van der Waals surface area contributed by atoms with Gasteiger partial charge < -0.3 is 34.5 Å². The summed E-state index contributed by atoms with van der Waals surface area (Å²) in [5, 5.41) is 24.6. The minimum absolute atomic E-state index is 0.0918. The Morgan fingerprint density at radius 2 is 1.82 bits per heavy atom. The van der Waals surface area contributed by atoms with Gasteiger partial charge in [-0.05, 0) is 74.0 Å². The van der Waals surface area contributed by atoms with Gasteiger partial charge in [0.25, 0.3) is 17.5 Å². The van der Waals surface area contributed by atoms with Crippen LogP contribution in [0.2, 0.25) is 18.6 Å². The lowest BCUT2D eigenvalue weighted by Crippen LogP contribution is -2.46. The predicted octanol–water partition coefficient (Wildman–Crippen LogP) is 4.57. The monoisotopic (exact) mass is 702 g/mol. The first-order valence-electron chi connectivity index (χ1n) is 16.7. The molecule has 50 heavy (non-hydrogen) atoms. The van der Waals surface area contributed by atoms with E-state index < -0.39 is 42.3 Å². The molecule has 0 radical (unpaired) electrons. The van der Waals surface area contributed by atoms with Crippen molar-refractivity contribution >= 4 is 43.1 Å². The molecule has 5 atom stereocenters. The van der Waals surface area contributed by atoms with Crippen molar-refractivity contribution in [2.75, 3.05) is 30.5 Å². The Hall–Kier alpha value is -4.63. The zero-order chi connectivity index (χ0) is 36.0. The van der Waals surface area contributed by atoms with Crippen LogP contribution in [0.1, 0.15) is 47.7 Å². The number of fused-ring (bicyclic) bond motifs is 2. The number of nitrogens with one attached hydrogen (secondary N) is 1. The van der Waals surface area contributed by atoms with Crippen LogP contribution in [0.15, 0.2) is 66.7 Å². The van der Waals surface area contributed by atoms with E-state index in [-0.39, 0.29) is 43.1 Å². The van der Waals surface area contributed by atoms with Crippen LogP contribution in [0.5, 0.6) is 5.75 Å². The molecule has 3 amide bonds. The van der Waals surface area contributed by atoms with Crippen molar-refractivity contribution in [1.29, 1.82) is 0 Å². The maximum atomic E-state index is 14.7. The molecule has 3 aliphatic rings. The number of benzene rings is 3. The zero-order valence-corrected chi connectivity index (χ0v) is 29.5. The minimum Gasteiger partial charge on any atom is -0.497 e. The van der Waals surface area contributed by atoms with E-state index in [0.29, 0.717) is 41.2 Å². The maximum absolute atomic E-state index is 14.7. The summed E-state index contributed by atoms with van der Waals surface area (Å²) in [6.45, 7) is 5.78. The largest absolute Gasteiger partial charge is 0.497 e. The Morgan fingerprint density at radius 3 is 2.44 bits per heavy atom. The molecule has 0 unspecified atom stereocenters. The molecule has 0 aliphatic carbocycles. The molecule has 0 saturated carbocycles. The van der Waals surface area contributed by atoms with Gasteiger partial charge in [-0.1, -0.05) is 19.1 Å². The van der Waals surface area contributed by atoms with E-state index in [1.54, 1.807) is 79.7 Å². The Labute approximate surface area is 291 Å². The molecular weight excluding hydrogens is 661 g/mol. The SMILES string of the molecule is COc1ccc(C(=O)Nc2ccc(CN3C(=O)[C@@]4(O[C@@H](CC(=O)N5CCC[C@H]5CO)[C@H]([Si](C)(C)O)[C@H]4C)c4cc([N+](=O)[O-])ccc43)cc2)cc1. The highest BCUT2D eigenvalue weighted by atomic mass is 28.4. The van der Waals surface area contributed by atoms with Crippen LogP contribution < -0.4 is 15.0 Å². The second kappa shape index (κ2) is 13.6. The van der Waals surface area contributed by atoms with Gasteiger partial charge in [0.15, 0.2) is 13.9 Å². The lowest BCUT2D eigenvalue weighted by Gasteiger charge is -2.32. The Morgan fingerprint density at radius 1 is 1.12 bits per heavy atom. The lowest BCUT2D eigenvalue weighted by molar-refractivity contribution is -0.385. The van der Waals surface area contributed by atoms with Gasteiger partial charge in [0.2, 0.25) is 5.91 Å². The quantitative estimate of drug-likeness (QED) is 0.155. The number of likely N-dealkylation sites (tertiary alicyclic amines) is 1. The molecule has 2 saturated heterocycles. The van der Waals surface area contributed by atoms with Crippen molar-refractivity contribution in [1.82, 2.24) is 4.90 Å². The number of hydrogen-bond acceptors (Lipinski definition) is 9. The van der Waals surface area contributed by atoms with E-state index in [9.17, 15) is 34.4 Å². The van der Waals surface area contributed by atoms with Gasteiger partial charge in [-0.15, -0.1) is 0 Å². The summed E-state index contributed by atoms with van der Waals surface area (Å²) in [4.78, 5) is 67.3. The van der Waals surface area contributed by atoms with Crippen LogP contribution in [0.25, 0.3) is 0 Å². The van der Waals surface area contributed by atoms with Crippen molar-refractivity contribution in [2.45, 2.75) is 69.1 Å². The van der Waals surface area contributed by atoms with Gasteiger partial charge in [0.05, 0.1) is 49.4 Å². The summed E-state index contributed by atoms with van der Waals surface area (Å²) < 4.78 is 11.9. The molecule has 3 aromatic carbocycles. The number of aliphatic hydroxyl groups excluding tert-OH is 1. The average Bonchev–Trinajstić information content (AvgIpc) is 3.75. The lowest BCUT2D eigenvalue weighted by atomic mass is 9.82. The standard InChI is InChI=1S/C36H42N4O9Si/c1-22-33(50(3,4)47)31(19-32(42)38-17-5-6-27(38)21-41)49-36(22)29-18-26(40(45)46)13-16-30(29)39(35(36)44)20-23-7-11-25(12-8-23)37-34(43)24-9-14-28(48-2)15-10-24/h7-16,18,22,27,31,33,41,47H,5-6,17,19-21H2,1-4H3,(H,37,43)/t22-,27+,31+,33-,36+/m1/s1. The summed E-state index contributed by atoms with van der Waals surface area (Å²) in [5.41, 5.74) is 0.105. The van der Waals surface area contributed by atoms with Gasteiger partial charge in [0, 0.05) is 47.0 Å². The highest BCUT2D eigenvalue weighted by Gasteiger charge is 2.66. The van der Waals surface area contributed by atoms with Crippen molar-refractivity contribution in [2.24, 2.45) is 5.92 Å². The molecule has 0 aromatic heterocycles. The topological polar surface area (TPSA) is 172 Å². The van der Waals surface area contributed by atoms with Crippen LogP contribution in [0.3, 0.4) is 0 Å². The Balaban J connectivity index is 1.29. The number of amides is 3. The fourth-order valence-electron chi connectivity index (χ4n) is 8.00. The van der Waals surface area contributed by atoms with Gasteiger partial charge in [-0.2, -0.15) is 0 Å². The molecule has 13 nitrogen and oxygen atoms in total. The van der Waals surface area contributed by atoms with Gasteiger partial charge in [-0.25, -0.2) is 0 Å². The number of nitrogens with zero attached hydrogens (tertiary/aromatic N) is 3. The molecule has 3 heterocycles. The fraction of sp³-hybridized carbons (Fsp3) is 0.417. The molecule has 264 valence electrons. The van der Waals surface area contributed by atoms with Crippen LogP contribution >= 0.6 is 0 Å². The number of carbonyl (C=O) groups is 3. The smallest absolute Gasteiger partial charge is 0.269 e. The van der Waals surface area contributed by atoms with Crippen LogP contribution in [0.4, 0.5) is 17.1 Å². The second-order valence-corrected chi connectivity index (χ2v) is 17.8. The third-order valence-electron chi connectivity index (χ3n) is 10.4. The molecule has 14 heteroatoms. The highest BCUT2D eigenvalue weighted by molar-refractivity contribution is 6.71. The van der Waals surface area contributed by atoms with E-state index in [1.807, 2.05) is 6.92 Å². The summed E-state index contributed by atoms with van der Waals surface area (Å²) in [6, 6.07) is 17.7. The number of hydrogen-bond donors (Lipinski definition) is 3. The van der Waals surface area contributed by atoms with E-state index in [1.165, 1.54) is 17.0 Å². The molecule has 6 rings (SSSR count). The third-order valence-corrected chi connectivity index (χ3v) is 12.9. The Bertz CT molecular complexity index is 1800. The van der Waals surface area contributed by atoms with Crippen LogP contribution in [0, 0.1) is 16.0 Å². The van der Waals surface area contributed by atoms with E-state index in [2.05, 4.69) is 5.32 Å². The first-order valence-corrected chi connectivity index (χ1v) is 19.8. The number of non-ortho nitro benzene ring substituents is 1. The summed E-state index contributed by atoms with van der Waals surface area (Å²) in [5.74, 6) is -0.926. The molecular formula is C36H42N4O9Si. The van der Waals surface area contributed by atoms with Crippen LogP contribution in [-0.2, 0) is 26.5 Å². The molecule has 1 spiro atoms. The first kappa shape index (κ1) is 35.2. The zero-order valence-electron chi connectivity index (χ0n) is 28.5. The molecule has 0 bridgehead atoms. The van der Waals surface area contributed by atoms with Crippen molar-refractivity contribution in [3.8, 4) is 5.75 Å². The number of aliphatic hydroxyl groups is 1. The van der Waals surface area contributed by atoms with E-state index in [0.717, 1.165) is 12.0 Å². The number of anilines is 2. The van der Waals surface area contributed by atoms with Crippen molar-refractivity contribution in [3.63, 3.8) is 0 Å². The maximum Gasteiger partial charge on any atom is 0.269 e. The highest BCUT2D eigenvalue weighted by Crippen LogP contribution is 2.60. The average molecular weight is 703 g/mol. The summed E-state index contributed by atoms with van der Waals surface area (Å²) >= 11 is 0. The van der Waals surface area contributed by atoms with E-state index in [4.69, 9.17) is 9.47 Å². The van der Waals surface area contributed by atoms with Crippen molar-refractivity contribution < 1.29 is 38.7 Å². The molecule has 3 N–H and O–H groups in total.